The van der Waals surface area contributed by atoms with Crippen LogP contribution in [-0.2, 0) is 6.54 Å². The second-order valence-electron chi connectivity index (χ2n) is 10.2. The quantitative estimate of drug-likeness (QED) is 0.393. The molecule has 35 heavy (non-hydrogen) atoms. The topological polar surface area (TPSA) is 23.6 Å². The molecule has 2 atom stereocenters. The molecule has 0 N–H and O–H groups in total. The molecule has 2 fully saturated rings. The van der Waals surface area contributed by atoms with Crippen molar-refractivity contribution in [3.05, 3.63) is 107 Å². The van der Waals surface area contributed by atoms with E-state index in [-0.39, 0.29) is 11.7 Å². The Morgan fingerprint density at radius 3 is 2.20 bits per heavy atom. The van der Waals surface area contributed by atoms with E-state index in [1.165, 1.54) is 24.8 Å². The minimum absolute atomic E-state index is 0.143. The summed E-state index contributed by atoms with van der Waals surface area (Å²) in [7, 11) is 0. The van der Waals surface area contributed by atoms with Crippen LogP contribution in [-0.4, -0.2) is 41.4 Å². The number of carbonyl (C=O) groups excluding carboxylic acids is 1. The zero-order valence-electron chi connectivity index (χ0n) is 20.4. The van der Waals surface area contributed by atoms with Crippen LogP contribution in [0.1, 0.15) is 59.5 Å². The Bertz CT molecular complexity index is 1100. The zero-order chi connectivity index (χ0) is 24.0. The van der Waals surface area contributed by atoms with Gasteiger partial charge in [0.25, 0.3) is 5.91 Å². The van der Waals surface area contributed by atoms with Crippen LogP contribution in [0.4, 0.5) is 4.39 Å². The highest BCUT2D eigenvalue weighted by Gasteiger charge is 2.38. The van der Waals surface area contributed by atoms with E-state index in [4.69, 9.17) is 0 Å². The van der Waals surface area contributed by atoms with Gasteiger partial charge in [0.05, 0.1) is 0 Å². The summed E-state index contributed by atoms with van der Waals surface area (Å²) in [4.78, 5) is 18.3. The molecular formula is C31H35FN2O. The number of amides is 1. The van der Waals surface area contributed by atoms with Crippen LogP contribution in [0, 0.1) is 11.7 Å². The van der Waals surface area contributed by atoms with Crippen LogP contribution >= 0.6 is 0 Å². The van der Waals surface area contributed by atoms with Gasteiger partial charge in [-0.3, -0.25) is 9.69 Å². The highest BCUT2D eigenvalue weighted by Crippen LogP contribution is 2.36. The third kappa shape index (κ3) is 5.65. The van der Waals surface area contributed by atoms with Crippen LogP contribution in [0.3, 0.4) is 0 Å². The number of likely N-dealkylation sites (tertiary alicyclic amines) is 1. The number of benzene rings is 3. The molecule has 0 radical (unpaired) electrons. The third-order valence-corrected chi connectivity index (χ3v) is 7.82. The summed E-state index contributed by atoms with van der Waals surface area (Å²) in [5.74, 6) is 0.628. The second kappa shape index (κ2) is 11.2. The molecule has 1 heterocycles. The molecule has 3 nitrogen and oxygen atoms in total. The van der Waals surface area contributed by atoms with Gasteiger partial charge >= 0.3 is 0 Å². The molecule has 1 aliphatic heterocycles. The first-order valence-corrected chi connectivity index (χ1v) is 13.1. The Labute approximate surface area is 208 Å². The molecule has 0 bridgehead atoms. The SMILES string of the molecule is O=C(c1ccccc1)N(CC1CN(Cc2ccccc2F)CC1c1ccccc1)C1CCCCC1. The van der Waals surface area contributed by atoms with Gasteiger partial charge in [-0.15, -0.1) is 0 Å². The summed E-state index contributed by atoms with van der Waals surface area (Å²) in [6.07, 6.45) is 5.81. The van der Waals surface area contributed by atoms with Crippen molar-refractivity contribution in [2.45, 2.75) is 50.6 Å². The first kappa shape index (κ1) is 23.7. The molecule has 4 heteroatoms. The number of hydrogen-bond donors (Lipinski definition) is 0. The molecule has 182 valence electrons. The maximum Gasteiger partial charge on any atom is 0.254 e. The number of halogens is 1. The van der Waals surface area contributed by atoms with Crippen LogP contribution in [0.15, 0.2) is 84.9 Å². The van der Waals surface area contributed by atoms with Crippen molar-refractivity contribution in [3.63, 3.8) is 0 Å². The lowest BCUT2D eigenvalue weighted by Gasteiger charge is -2.37. The van der Waals surface area contributed by atoms with Gasteiger partial charge in [-0.1, -0.05) is 86.0 Å². The lowest BCUT2D eigenvalue weighted by molar-refractivity contribution is 0.0588. The molecule has 2 aliphatic rings. The molecule has 1 saturated carbocycles. The Morgan fingerprint density at radius 1 is 0.829 bits per heavy atom. The molecule has 0 spiro atoms. The summed E-state index contributed by atoms with van der Waals surface area (Å²) in [6, 6.07) is 27.8. The molecule has 3 aromatic rings. The number of carbonyl (C=O) groups is 1. The highest BCUT2D eigenvalue weighted by atomic mass is 19.1. The molecule has 0 aromatic heterocycles. The van der Waals surface area contributed by atoms with Gasteiger partial charge in [0.1, 0.15) is 5.82 Å². The minimum Gasteiger partial charge on any atom is -0.335 e. The lowest BCUT2D eigenvalue weighted by atomic mass is 9.87. The van der Waals surface area contributed by atoms with E-state index < -0.39 is 0 Å². The minimum atomic E-state index is -0.143. The smallest absolute Gasteiger partial charge is 0.254 e. The first-order chi connectivity index (χ1) is 17.2. The average Bonchev–Trinajstić information content (AvgIpc) is 3.32. The number of hydrogen-bond acceptors (Lipinski definition) is 2. The highest BCUT2D eigenvalue weighted by molar-refractivity contribution is 5.94. The van der Waals surface area contributed by atoms with Gasteiger partial charge < -0.3 is 4.90 Å². The summed E-state index contributed by atoms with van der Waals surface area (Å²) < 4.78 is 14.4. The largest absolute Gasteiger partial charge is 0.335 e. The monoisotopic (exact) mass is 470 g/mol. The Hall–Kier alpha value is -2.98. The molecule has 3 aromatic carbocycles. The summed E-state index contributed by atoms with van der Waals surface area (Å²) in [5.41, 5.74) is 2.82. The predicted molar refractivity (Wildman–Crippen MR) is 139 cm³/mol. The van der Waals surface area contributed by atoms with E-state index in [9.17, 15) is 9.18 Å². The van der Waals surface area contributed by atoms with Crippen molar-refractivity contribution in [2.24, 2.45) is 5.92 Å². The van der Waals surface area contributed by atoms with Gasteiger partial charge in [0, 0.05) is 49.3 Å². The van der Waals surface area contributed by atoms with E-state index in [1.54, 1.807) is 12.1 Å². The average molecular weight is 471 g/mol. The van der Waals surface area contributed by atoms with Gasteiger partial charge in [0.2, 0.25) is 0 Å². The van der Waals surface area contributed by atoms with E-state index in [2.05, 4.69) is 40.1 Å². The molecule has 1 aliphatic carbocycles. The molecule has 1 amide bonds. The van der Waals surface area contributed by atoms with Crippen molar-refractivity contribution < 1.29 is 9.18 Å². The number of nitrogens with zero attached hydrogens (tertiary/aromatic N) is 2. The van der Waals surface area contributed by atoms with E-state index in [1.807, 2.05) is 42.5 Å². The maximum absolute atomic E-state index is 14.4. The Kier molecular flexibility index (Phi) is 7.58. The normalized spacial score (nSPS) is 21.2. The van der Waals surface area contributed by atoms with Crippen molar-refractivity contribution in [1.82, 2.24) is 9.80 Å². The maximum atomic E-state index is 14.4. The molecule has 2 unspecified atom stereocenters. The van der Waals surface area contributed by atoms with E-state index >= 15 is 0 Å². The number of rotatable bonds is 7. The standard InChI is InChI=1S/C31H35FN2O/c32-30-19-11-10-16-26(30)20-33-21-27(29(23-33)24-12-4-1-5-13-24)22-34(28-17-8-3-9-18-28)31(35)25-14-6-2-7-15-25/h1-2,4-7,10-16,19,27-29H,3,8-9,17-18,20-23H2. The molecule has 1 saturated heterocycles. The summed E-state index contributed by atoms with van der Waals surface area (Å²) >= 11 is 0. The van der Waals surface area contributed by atoms with Crippen molar-refractivity contribution in [3.8, 4) is 0 Å². The van der Waals surface area contributed by atoms with Gasteiger partial charge in [-0.2, -0.15) is 0 Å². The van der Waals surface area contributed by atoms with E-state index in [0.717, 1.165) is 43.6 Å². The Balaban J connectivity index is 1.41. The summed E-state index contributed by atoms with van der Waals surface area (Å²) in [5, 5.41) is 0. The molecular weight excluding hydrogens is 435 g/mol. The van der Waals surface area contributed by atoms with Gasteiger partial charge in [0.15, 0.2) is 0 Å². The fourth-order valence-electron chi connectivity index (χ4n) is 6.01. The van der Waals surface area contributed by atoms with Crippen LogP contribution < -0.4 is 0 Å². The predicted octanol–water partition coefficient (Wildman–Crippen LogP) is 6.52. The van der Waals surface area contributed by atoms with Crippen molar-refractivity contribution in [2.75, 3.05) is 19.6 Å². The third-order valence-electron chi connectivity index (χ3n) is 7.82. The fraction of sp³-hybridized carbons (Fsp3) is 0.387. The van der Waals surface area contributed by atoms with Crippen molar-refractivity contribution in [1.29, 1.82) is 0 Å². The van der Waals surface area contributed by atoms with Crippen LogP contribution in [0.25, 0.3) is 0 Å². The zero-order valence-corrected chi connectivity index (χ0v) is 20.4. The first-order valence-electron chi connectivity index (χ1n) is 13.1. The van der Waals surface area contributed by atoms with Crippen LogP contribution in [0.2, 0.25) is 0 Å². The lowest BCUT2D eigenvalue weighted by Crippen LogP contribution is -2.45. The molecule has 5 rings (SSSR count). The van der Waals surface area contributed by atoms with Gasteiger partial charge in [-0.05, 0) is 42.5 Å². The second-order valence-corrected chi connectivity index (χ2v) is 10.2. The van der Waals surface area contributed by atoms with Crippen LogP contribution in [0.5, 0.6) is 0 Å². The van der Waals surface area contributed by atoms with E-state index in [0.29, 0.717) is 24.4 Å². The van der Waals surface area contributed by atoms with Crippen molar-refractivity contribution >= 4 is 5.91 Å². The van der Waals surface area contributed by atoms with Gasteiger partial charge in [-0.25, -0.2) is 4.39 Å². The Morgan fingerprint density at radius 2 is 1.49 bits per heavy atom. The summed E-state index contributed by atoms with van der Waals surface area (Å²) in [6.45, 7) is 3.08. The fourth-order valence-corrected chi connectivity index (χ4v) is 6.01.